The molecule has 2 aliphatic rings. The fourth-order valence-corrected chi connectivity index (χ4v) is 7.07. The predicted molar refractivity (Wildman–Crippen MR) is 159 cm³/mol. The van der Waals surface area contributed by atoms with Crippen LogP contribution in [0.3, 0.4) is 0 Å². The molecule has 0 saturated carbocycles. The molecule has 5 aromatic carbocycles. The number of nitrogen functional groups attached to an aromatic ring is 2. The summed E-state index contributed by atoms with van der Waals surface area (Å²) in [6, 6.07) is 38.0. The van der Waals surface area contributed by atoms with Gasteiger partial charge >= 0.3 is 0 Å². The Kier molecular flexibility index (Phi) is 5.03. The maximum Gasteiger partial charge on any atom is 0.0463 e. The minimum Gasteiger partial charge on any atom is -0.399 e. The van der Waals surface area contributed by atoms with E-state index < -0.39 is 0 Å². The maximum absolute atomic E-state index is 6.34. The number of hydrogen-bond donors (Lipinski definition) is 2. The molecule has 4 N–H and O–H groups in total. The Morgan fingerprint density at radius 2 is 1.29 bits per heavy atom. The molecule has 1 atom stereocenters. The van der Waals surface area contributed by atoms with Crippen LogP contribution in [0.5, 0.6) is 0 Å². The molecular weight excluding hydrogens is 460 g/mol. The molecule has 0 bridgehead atoms. The first-order chi connectivity index (χ1) is 18.5. The van der Waals surface area contributed by atoms with Crippen molar-refractivity contribution in [1.29, 1.82) is 0 Å². The molecule has 0 amide bonds. The zero-order chi connectivity index (χ0) is 26.0. The molecule has 2 heteroatoms. The van der Waals surface area contributed by atoms with Crippen molar-refractivity contribution in [3.63, 3.8) is 0 Å². The van der Waals surface area contributed by atoms with Gasteiger partial charge in [-0.15, -0.1) is 0 Å². The van der Waals surface area contributed by atoms with E-state index in [1.54, 1.807) is 0 Å². The van der Waals surface area contributed by atoms with Crippen molar-refractivity contribution < 1.29 is 0 Å². The highest BCUT2D eigenvalue weighted by atomic mass is 14.6. The summed E-state index contributed by atoms with van der Waals surface area (Å²) in [6.45, 7) is 4.23. The lowest BCUT2D eigenvalue weighted by atomic mass is 9.69. The summed E-state index contributed by atoms with van der Waals surface area (Å²) in [5.41, 5.74) is 28.8. The molecule has 0 aromatic heterocycles. The van der Waals surface area contributed by atoms with E-state index in [0.717, 1.165) is 35.3 Å². The molecule has 186 valence electrons. The molecule has 7 rings (SSSR count). The zero-order valence-electron chi connectivity index (χ0n) is 22.0. The average Bonchev–Trinajstić information content (AvgIpc) is 3.49. The molecule has 2 aliphatic carbocycles. The normalized spacial score (nSPS) is 16.6. The van der Waals surface area contributed by atoms with Crippen molar-refractivity contribution in [3.8, 4) is 11.1 Å². The lowest BCUT2D eigenvalue weighted by Crippen LogP contribution is -2.27. The Morgan fingerprint density at radius 3 is 1.95 bits per heavy atom. The molecule has 0 fully saturated rings. The van der Waals surface area contributed by atoms with Gasteiger partial charge in [-0.05, 0) is 100 Å². The molecule has 0 radical (unpaired) electrons. The van der Waals surface area contributed by atoms with E-state index in [1.165, 1.54) is 50.1 Å². The van der Waals surface area contributed by atoms with Gasteiger partial charge in [0, 0.05) is 22.7 Å². The first kappa shape index (κ1) is 22.9. The second-order valence-corrected chi connectivity index (χ2v) is 11.1. The van der Waals surface area contributed by atoms with E-state index >= 15 is 0 Å². The van der Waals surface area contributed by atoms with Gasteiger partial charge in [0.2, 0.25) is 0 Å². The van der Waals surface area contributed by atoms with Gasteiger partial charge in [0.1, 0.15) is 0 Å². The summed E-state index contributed by atoms with van der Waals surface area (Å²) in [7, 11) is 0. The van der Waals surface area contributed by atoms with Gasteiger partial charge in [-0.1, -0.05) is 91.0 Å². The highest BCUT2D eigenvalue weighted by molar-refractivity contribution is 5.84. The van der Waals surface area contributed by atoms with Crippen LogP contribution in [-0.2, 0) is 11.8 Å². The van der Waals surface area contributed by atoms with Gasteiger partial charge in [0.15, 0.2) is 0 Å². The van der Waals surface area contributed by atoms with Crippen LogP contribution in [0.2, 0.25) is 0 Å². The number of aryl methyl sites for hydroxylation is 2. The van der Waals surface area contributed by atoms with Crippen molar-refractivity contribution in [2.75, 3.05) is 11.5 Å². The standard InChI is InChI=1S/C36H32N2/c1-22-18-27(13-16-32(22)37)36(28-14-17-33(38)23(2)19-28)21-30(24-8-4-3-5-9-24)35-31(36)15-12-26-20-25-10-6-7-11-29(25)34(26)35/h3-19,30H,20-21,37-38H2,1-2H3. The van der Waals surface area contributed by atoms with Gasteiger partial charge in [0.05, 0.1) is 0 Å². The molecule has 0 aliphatic heterocycles. The highest BCUT2D eigenvalue weighted by Crippen LogP contribution is 2.60. The Bertz CT molecular complexity index is 1660. The largest absolute Gasteiger partial charge is 0.399 e. The molecule has 1 unspecified atom stereocenters. The number of benzene rings is 5. The molecule has 0 spiro atoms. The van der Waals surface area contributed by atoms with Crippen molar-refractivity contribution in [3.05, 3.63) is 153 Å². The van der Waals surface area contributed by atoms with Crippen molar-refractivity contribution in [1.82, 2.24) is 0 Å². The lowest BCUT2D eigenvalue weighted by Gasteiger charge is -2.34. The summed E-state index contributed by atoms with van der Waals surface area (Å²) in [6.07, 6.45) is 1.95. The van der Waals surface area contributed by atoms with Gasteiger partial charge in [0.25, 0.3) is 0 Å². The lowest BCUT2D eigenvalue weighted by molar-refractivity contribution is 0.576. The average molecular weight is 493 g/mol. The quantitative estimate of drug-likeness (QED) is 0.247. The van der Waals surface area contributed by atoms with Gasteiger partial charge in [-0.3, -0.25) is 0 Å². The van der Waals surface area contributed by atoms with Crippen LogP contribution in [-0.4, -0.2) is 0 Å². The Balaban J connectivity index is 1.60. The third kappa shape index (κ3) is 3.20. The van der Waals surface area contributed by atoms with E-state index in [9.17, 15) is 0 Å². The molecule has 2 nitrogen and oxygen atoms in total. The second kappa shape index (κ2) is 8.36. The minimum atomic E-state index is -0.320. The van der Waals surface area contributed by atoms with Gasteiger partial charge in [-0.25, -0.2) is 0 Å². The van der Waals surface area contributed by atoms with E-state index in [1.807, 2.05) is 0 Å². The number of rotatable bonds is 3. The van der Waals surface area contributed by atoms with E-state index in [0.29, 0.717) is 0 Å². The van der Waals surface area contributed by atoms with Crippen LogP contribution in [0.25, 0.3) is 11.1 Å². The Labute approximate surface area is 225 Å². The fourth-order valence-electron chi connectivity index (χ4n) is 7.07. The van der Waals surface area contributed by atoms with Crippen LogP contribution in [0, 0.1) is 13.8 Å². The van der Waals surface area contributed by atoms with Crippen LogP contribution < -0.4 is 11.5 Å². The number of hydrogen-bond acceptors (Lipinski definition) is 2. The van der Waals surface area contributed by atoms with Gasteiger partial charge < -0.3 is 11.5 Å². The Hall–Kier alpha value is -4.30. The molecule has 0 heterocycles. The first-order valence-corrected chi connectivity index (χ1v) is 13.5. The third-order valence-electron chi connectivity index (χ3n) is 9.05. The smallest absolute Gasteiger partial charge is 0.0463 e. The molecule has 0 saturated heterocycles. The van der Waals surface area contributed by atoms with Crippen LogP contribution in [0.15, 0.2) is 103 Å². The van der Waals surface area contributed by atoms with Crippen LogP contribution >= 0.6 is 0 Å². The highest BCUT2D eigenvalue weighted by Gasteiger charge is 2.49. The SMILES string of the molecule is Cc1cc(C2(c3ccc(N)c(C)c3)CC(c3ccccc3)c3c2ccc2c3-c3ccccc3C2)ccc1N. The molecule has 38 heavy (non-hydrogen) atoms. The van der Waals surface area contributed by atoms with E-state index in [4.69, 9.17) is 11.5 Å². The fraction of sp³-hybridized carbons (Fsp3) is 0.167. The first-order valence-electron chi connectivity index (χ1n) is 13.5. The third-order valence-corrected chi connectivity index (χ3v) is 9.05. The van der Waals surface area contributed by atoms with Crippen molar-refractivity contribution in [2.24, 2.45) is 0 Å². The number of anilines is 2. The summed E-state index contributed by atoms with van der Waals surface area (Å²) in [4.78, 5) is 0. The monoisotopic (exact) mass is 492 g/mol. The summed E-state index contributed by atoms with van der Waals surface area (Å²) in [5.74, 6) is 0.267. The molecular formula is C36H32N2. The zero-order valence-corrected chi connectivity index (χ0v) is 22.0. The Morgan fingerprint density at radius 1 is 0.658 bits per heavy atom. The van der Waals surface area contributed by atoms with E-state index in [-0.39, 0.29) is 11.3 Å². The van der Waals surface area contributed by atoms with E-state index in [2.05, 4.69) is 117 Å². The van der Waals surface area contributed by atoms with Gasteiger partial charge in [-0.2, -0.15) is 0 Å². The molecule has 5 aromatic rings. The summed E-state index contributed by atoms with van der Waals surface area (Å²) in [5, 5.41) is 0. The van der Waals surface area contributed by atoms with Crippen molar-refractivity contribution >= 4 is 11.4 Å². The summed E-state index contributed by atoms with van der Waals surface area (Å²) < 4.78 is 0. The summed E-state index contributed by atoms with van der Waals surface area (Å²) >= 11 is 0. The predicted octanol–water partition coefficient (Wildman–Crippen LogP) is 7.91. The minimum absolute atomic E-state index is 0.267. The van der Waals surface area contributed by atoms with Crippen LogP contribution in [0.4, 0.5) is 11.4 Å². The topological polar surface area (TPSA) is 52.0 Å². The maximum atomic E-state index is 6.34. The van der Waals surface area contributed by atoms with Crippen LogP contribution in [0.1, 0.15) is 62.4 Å². The second-order valence-electron chi connectivity index (χ2n) is 11.1. The van der Waals surface area contributed by atoms with Crippen molar-refractivity contribution in [2.45, 2.75) is 38.0 Å². The number of nitrogens with two attached hydrogens (primary N) is 2. The number of fused-ring (bicyclic) bond motifs is 5.